The highest BCUT2D eigenvalue weighted by atomic mass is 16.3. The first kappa shape index (κ1) is 13.5. The maximum Gasteiger partial charge on any atom is 0.0521 e. The minimum absolute atomic E-state index is 0.104. The molecule has 0 fully saturated rings. The molecule has 0 aromatic heterocycles. The maximum atomic E-state index is 9.32. The second-order valence-corrected chi connectivity index (χ2v) is 4.21. The first-order chi connectivity index (χ1) is 8.26. The van der Waals surface area contributed by atoms with Gasteiger partial charge in [-0.05, 0) is 12.0 Å². The second kappa shape index (κ2) is 6.90. The molecule has 0 radical (unpaired) electrons. The summed E-state index contributed by atoms with van der Waals surface area (Å²) < 4.78 is 0. The minimum atomic E-state index is -0.597. The van der Waals surface area contributed by atoms with Crippen LogP contribution in [0, 0.1) is 17.8 Å². The van der Waals surface area contributed by atoms with Crippen molar-refractivity contribution in [1.29, 1.82) is 0 Å². The van der Waals surface area contributed by atoms with Crippen molar-refractivity contribution in [2.24, 2.45) is 5.41 Å². The summed E-state index contributed by atoms with van der Waals surface area (Å²) in [6.07, 6.45) is 10.1. The number of allylic oxidation sites excluding steroid dienone is 1. The molecular formula is C15H18O2. The number of aliphatic hydroxyl groups is 2. The Morgan fingerprint density at radius 2 is 1.82 bits per heavy atom. The molecule has 90 valence electrons. The highest BCUT2D eigenvalue weighted by molar-refractivity contribution is 5.48. The molecule has 17 heavy (non-hydrogen) atoms. The van der Waals surface area contributed by atoms with E-state index in [0.29, 0.717) is 12.8 Å². The third kappa shape index (κ3) is 4.07. The molecule has 0 saturated heterocycles. The SMILES string of the molecule is C#CCC(CO)(CO)C/C=C/c1ccccc1. The first-order valence-electron chi connectivity index (χ1n) is 5.63. The quantitative estimate of drug-likeness (QED) is 0.735. The summed E-state index contributed by atoms with van der Waals surface area (Å²) in [5.74, 6) is 2.51. The average Bonchev–Trinajstić information content (AvgIpc) is 2.39. The van der Waals surface area contributed by atoms with Crippen molar-refractivity contribution < 1.29 is 10.2 Å². The number of hydrogen-bond acceptors (Lipinski definition) is 2. The smallest absolute Gasteiger partial charge is 0.0521 e. The van der Waals surface area contributed by atoms with Crippen LogP contribution in [0.1, 0.15) is 18.4 Å². The van der Waals surface area contributed by atoms with E-state index < -0.39 is 5.41 Å². The van der Waals surface area contributed by atoms with Crippen molar-refractivity contribution in [3.05, 3.63) is 42.0 Å². The molecule has 0 saturated carbocycles. The molecule has 0 spiro atoms. The lowest BCUT2D eigenvalue weighted by atomic mass is 9.83. The normalized spacial score (nSPS) is 11.6. The van der Waals surface area contributed by atoms with E-state index in [1.165, 1.54) is 0 Å². The van der Waals surface area contributed by atoms with Gasteiger partial charge in [-0.25, -0.2) is 0 Å². The Kier molecular flexibility index (Phi) is 5.48. The molecule has 0 aliphatic carbocycles. The Hall–Kier alpha value is -1.56. The summed E-state index contributed by atoms with van der Waals surface area (Å²) >= 11 is 0. The third-order valence-corrected chi connectivity index (χ3v) is 2.81. The lowest BCUT2D eigenvalue weighted by molar-refractivity contribution is 0.0612. The zero-order valence-electron chi connectivity index (χ0n) is 9.84. The molecule has 0 amide bonds. The minimum Gasteiger partial charge on any atom is -0.396 e. The fraction of sp³-hybridized carbons (Fsp3) is 0.333. The van der Waals surface area contributed by atoms with Crippen LogP contribution < -0.4 is 0 Å². The van der Waals surface area contributed by atoms with Crippen molar-refractivity contribution in [2.45, 2.75) is 12.8 Å². The van der Waals surface area contributed by atoms with Gasteiger partial charge in [0.2, 0.25) is 0 Å². The van der Waals surface area contributed by atoms with Crippen LogP contribution in [0.25, 0.3) is 6.08 Å². The van der Waals surface area contributed by atoms with Crippen molar-refractivity contribution in [2.75, 3.05) is 13.2 Å². The molecule has 0 atom stereocenters. The van der Waals surface area contributed by atoms with Crippen LogP contribution in [0.4, 0.5) is 0 Å². The Bertz CT molecular complexity index is 383. The Morgan fingerprint density at radius 1 is 1.18 bits per heavy atom. The molecule has 0 unspecified atom stereocenters. The van der Waals surface area contributed by atoms with E-state index in [-0.39, 0.29) is 13.2 Å². The first-order valence-corrected chi connectivity index (χ1v) is 5.63. The monoisotopic (exact) mass is 230 g/mol. The molecule has 0 aliphatic heterocycles. The Labute approximate surface area is 103 Å². The highest BCUT2D eigenvalue weighted by Crippen LogP contribution is 2.26. The molecule has 0 aliphatic rings. The fourth-order valence-corrected chi connectivity index (χ4v) is 1.59. The van der Waals surface area contributed by atoms with Crippen LogP contribution in [-0.4, -0.2) is 23.4 Å². The zero-order valence-corrected chi connectivity index (χ0v) is 9.84. The Balaban J connectivity index is 2.64. The van der Waals surface area contributed by atoms with Crippen LogP contribution in [0.15, 0.2) is 36.4 Å². The number of terminal acetylenes is 1. The van der Waals surface area contributed by atoms with E-state index in [2.05, 4.69) is 5.92 Å². The van der Waals surface area contributed by atoms with Gasteiger partial charge in [-0.3, -0.25) is 0 Å². The van der Waals surface area contributed by atoms with Gasteiger partial charge in [0, 0.05) is 11.8 Å². The van der Waals surface area contributed by atoms with Gasteiger partial charge in [-0.2, -0.15) is 0 Å². The van der Waals surface area contributed by atoms with Crippen LogP contribution in [0.3, 0.4) is 0 Å². The summed E-state index contributed by atoms with van der Waals surface area (Å²) in [5.41, 5.74) is 0.498. The fourth-order valence-electron chi connectivity index (χ4n) is 1.59. The molecule has 2 N–H and O–H groups in total. The summed E-state index contributed by atoms with van der Waals surface area (Å²) in [5, 5.41) is 18.6. The number of hydrogen-bond donors (Lipinski definition) is 2. The number of aliphatic hydroxyl groups excluding tert-OH is 2. The molecule has 1 aromatic rings. The third-order valence-electron chi connectivity index (χ3n) is 2.81. The van der Waals surface area contributed by atoms with Gasteiger partial charge in [0.25, 0.3) is 0 Å². The van der Waals surface area contributed by atoms with Crippen LogP contribution in [0.2, 0.25) is 0 Å². The molecule has 1 aromatic carbocycles. The van der Waals surface area contributed by atoms with E-state index in [4.69, 9.17) is 6.42 Å². The van der Waals surface area contributed by atoms with E-state index in [9.17, 15) is 10.2 Å². The molecule has 2 heteroatoms. The van der Waals surface area contributed by atoms with Gasteiger partial charge in [-0.15, -0.1) is 12.3 Å². The van der Waals surface area contributed by atoms with Crippen LogP contribution in [0.5, 0.6) is 0 Å². The zero-order chi connectivity index (χ0) is 12.6. The van der Waals surface area contributed by atoms with Crippen molar-refractivity contribution in [1.82, 2.24) is 0 Å². The summed E-state index contributed by atoms with van der Waals surface area (Å²) in [6.45, 7) is -0.209. The second-order valence-electron chi connectivity index (χ2n) is 4.21. The average molecular weight is 230 g/mol. The topological polar surface area (TPSA) is 40.5 Å². The summed E-state index contributed by atoms with van der Waals surface area (Å²) in [7, 11) is 0. The van der Waals surface area contributed by atoms with Gasteiger partial charge < -0.3 is 10.2 Å². The van der Waals surface area contributed by atoms with Crippen LogP contribution in [-0.2, 0) is 0 Å². The van der Waals surface area contributed by atoms with Gasteiger partial charge in [0.1, 0.15) is 0 Å². The van der Waals surface area contributed by atoms with Gasteiger partial charge in [-0.1, -0.05) is 42.5 Å². The van der Waals surface area contributed by atoms with E-state index >= 15 is 0 Å². The lowest BCUT2D eigenvalue weighted by Crippen LogP contribution is -2.28. The maximum absolute atomic E-state index is 9.32. The standard InChI is InChI=1S/C15H18O2/c1-2-10-15(12-16,13-17)11-6-9-14-7-4-3-5-8-14/h1,3-9,16-17H,10-13H2/b9-6+. The predicted molar refractivity (Wildman–Crippen MR) is 70.1 cm³/mol. The molecule has 0 bridgehead atoms. The van der Waals surface area contributed by atoms with Gasteiger partial charge in [0.05, 0.1) is 13.2 Å². The number of benzene rings is 1. The van der Waals surface area contributed by atoms with Crippen molar-refractivity contribution >= 4 is 6.08 Å². The van der Waals surface area contributed by atoms with Gasteiger partial charge in [0.15, 0.2) is 0 Å². The van der Waals surface area contributed by atoms with Gasteiger partial charge >= 0.3 is 0 Å². The molecule has 0 heterocycles. The highest BCUT2D eigenvalue weighted by Gasteiger charge is 2.26. The Morgan fingerprint density at radius 3 is 2.35 bits per heavy atom. The number of rotatable bonds is 6. The summed E-state index contributed by atoms with van der Waals surface area (Å²) in [4.78, 5) is 0. The largest absolute Gasteiger partial charge is 0.396 e. The van der Waals surface area contributed by atoms with E-state index in [0.717, 1.165) is 5.56 Å². The molecule has 1 rings (SSSR count). The van der Waals surface area contributed by atoms with E-state index in [1.807, 2.05) is 42.5 Å². The molecular weight excluding hydrogens is 212 g/mol. The van der Waals surface area contributed by atoms with E-state index in [1.54, 1.807) is 0 Å². The van der Waals surface area contributed by atoms with Crippen molar-refractivity contribution in [3.8, 4) is 12.3 Å². The lowest BCUT2D eigenvalue weighted by Gasteiger charge is -2.25. The molecule has 2 nitrogen and oxygen atoms in total. The van der Waals surface area contributed by atoms with Crippen molar-refractivity contribution in [3.63, 3.8) is 0 Å². The van der Waals surface area contributed by atoms with Crippen LogP contribution >= 0.6 is 0 Å². The summed E-state index contributed by atoms with van der Waals surface area (Å²) in [6, 6.07) is 9.88. The predicted octanol–water partition coefficient (Wildman–Crippen LogP) is 2.08.